The second kappa shape index (κ2) is 4.38. The molecule has 19 heavy (non-hydrogen) atoms. The Morgan fingerprint density at radius 2 is 2.00 bits per heavy atom. The van der Waals surface area contributed by atoms with Crippen LogP contribution in [0.15, 0.2) is 35.1 Å². The van der Waals surface area contributed by atoms with Crippen molar-refractivity contribution in [1.82, 2.24) is 14.3 Å². The lowest BCUT2D eigenvalue weighted by Gasteiger charge is -2.01. The largest absolute Gasteiger partial charge is 0.444 e. The normalized spacial score (nSPS) is 14.4. The van der Waals surface area contributed by atoms with Gasteiger partial charge in [-0.1, -0.05) is 18.2 Å². The van der Waals surface area contributed by atoms with E-state index >= 15 is 0 Å². The molecule has 1 aromatic carbocycles. The second-order valence-corrected chi connectivity index (χ2v) is 4.52. The predicted molar refractivity (Wildman–Crippen MR) is 67.4 cm³/mol. The maximum atomic E-state index is 12.1. The van der Waals surface area contributed by atoms with E-state index < -0.39 is 11.8 Å². The Kier molecular flexibility index (Phi) is 2.70. The summed E-state index contributed by atoms with van der Waals surface area (Å²) in [5.74, 6) is 0.926. The Bertz CT molecular complexity index is 668. The van der Waals surface area contributed by atoms with E-state index in [4.69, 9.17) is 4.74 Å². The van der Waals surface area contributed by atoms with Crippen LogP contribution in [0.1, 0.15) is 24.7 Å². The highest BCUT2D eigenvalue weighted by Crippen LogP contribution is 2.33. The summed E-state index contributed by atoms with van der Waals surface area (Å²) in [5, 5.41) is 3.96. The minimum absolute atomic E-state index is 0.186. The number of ether oxygens (including phenoxy) is 1. The van der Waals surface area contributed by atoms with Crippen LogP contribution in [0.25, 0.3) is 0 Å². The summed E-state index contributed by atoms with van der Waals surface area (Å²) in [4.78, 5) is 24.0. The maximum Gasteiger partial charge on any atom is 0.444 e. The van der Waals surface area contributed by atoms with Crippen LogP contribution in [0, 0.1) is 6.92 Å². The van der Waals surface area contributed by atoms with Gasteiger partial charge in [0.05, 0.1) is 0 Å². The number of carbonyl (C=O) groups excluding carboxylic acids is 1. The van der Waals surface area contributed by atoms with Crippen LogP contribution in [0.5, 0.6) is 5.75 Å². The number of carbonyl (C=O) groups is 1. The van der Waals surface area contributed by atoms with E-state index in [9.17, 15) is 9.59 Å². The summed E-state index contributed by atoms with van der Waals surface area (Å²) >= 11 is 0. The Labute approximate surface area is 109 Å². The quantitative estimate of drug-likeness (QED) is 0.823. The highest BCUT2D eigenvalue weighted by molar-refractivity contribution is 5.71. The first-order valence-corrected chi connectivity index (χ1v) is 6.12. The van der Waals surface area contributed by atoms with Gasteiger partial charge in [-0.05, 0) is 31.9 Å². The molecule has 0 atom stereocenters. The third-order valence-corrected chi connectivity index (χ3v) is 3.01. The zero-order chi connectivity index (χ0) is 13.4. The van der Waals surface area contributed by atoms with Gasteiger partial charge in [0.15, 0.2) is 0 Å². The number of hydrogen-bond donors (Lipinski definition) is 0. The molecular weight excluding hydrogens is 246 g/mol. The summed E-state index contributed by atoms with van der Waals surface area (Å²) in [6, 6.07) is 8.79. The molecule has 0 amide bonds. The summed E-state index contributed by atoms with van der Waals surface area (Å²) in [7, 11) is 0. The Morgan fingerprint density at radius 3 is 2.63 bits per heavy atom. The monoisotopic (exact) mass is 259 g/mol. The molecule has 0 aliphatic heterocycles. The molecule has 0 N–H and O–H groups in total. The summed E-state index contributed by atoms with van der Waals surface area (Å²) < 4.78 is 7.42. The van der Waals surface area contributed by atoms with Crippen molar-refractivity contribution in [3.63, 3.8) is 0 Å². The number of aryl methyl sites for hydroxylation is 1. The first-order valence-electron chi connectivity index (χ1n) is 6.12. The SMILES string of the molecule is Cc1nn(C(=O)Oc2ccccc2)c(=O)n1C1CC1. The molecule has 0 unspecified atom stereocenters. The van der Waals surface area contributed by atoms with Gasteiger partial charge in [-0.15, -0.1) is 9.78 Å². The van der Waals surface area contributed by atoms with Crippen molar-refractivity contribution in [2.45, 2.75) is 25.8 Å². The van der Waals surface area contributed by atoms with Crippen LogP contribution in [-0.4, -0.2) is 20.4 Å². The van der Waals surface area contributed by atoms with Crippen molar-refractivity contribution in [1.29, 1.82) is 0 Å². The molecule has 1 aliphatic rings. The zero-order valence-corrected chi connectivity index (χ0v) is 10.4. The number of rotatable bonds is 2. The van der Waals surface area contributed by atoms with Gasteiger partial charge >= 0.3 is 11.8 Å². The highest BCUT2D eigenvalue weighted by atomic mass is 16.6. The van der Waals surface area contributed by atoms with Gasteiger partial charge in [-0.3, -0.25) is 4.57 Å². The number of para-hydroxylation sites is 1. The topological polar surface area (TPSA) is 66.1 Å². The first-order chi connectivity index (χ1) is 9.16. The van der Waals surface area contributed by atoms with Crippen molar-refractivity contribution in [3.8, 4) is 5.75 Å². The fourth-order valence-corrected chi connectivity index (χ4v) is 1.98. The standard InChI is InChI=1S/C13H13N3O3/c1-9-14-16(12(17)15(9)10-7-8-10)13(18)19-11-5-3-2-4-6-11/h2-6,10H,7-8H2,1H3. The predicted octanol–water partition coefficient (Wildman–Crippen LogP) is 1.74. The van der Waals surface area contributed by atoms with Crippen molar-refractivity contribution >= 4 is 6.09 Å². The van der Waals surface area contributed by atoms with Crippen molar-refractivity contribution in [2.75, 3.05) is 0 Å². The van der Waals surface area contributed by atoms with Crippen molar-refractivity contribution in [2.24, 2.45) is 0 Å². The molecule has 0 radical (unpaired) electrons. The van der Waals surface area contributed by atoms with Gasteiger partial charge in [0.1, 0.15) is 11.6 Å². The number of hydrogen-bond acceptors (Lipinski definition) is 4. The Morgan fingerprint density at radius 1 is 1.32 bits per heavy atom. The molecule has 6 nitrogen and oxygen atoms in total. The smallest absolute Gasteiger partial charge is 0.409 e. The maximum absolute atomic E-state index is 12.1. The molecule has 2 aromatic rings. The third-order valence-electron chi connectivity index (χ3n) is 3.01. The lowest BCUT2D eigenvalue weighted by molar-refractivity contribution is 0.197. The molecule has 1 saturated carbocycles. The van der Waals surface area contributed by atoms with Crippen LogP contribution in [-0.2, 0) is 0 Å². The van der Waals surface area contributed by atoms with E-state index in [1.54, 1.807) is 35.8 Å². The van der Waals surface area contributed by atoms with E-state index in [-0.39, 0.29) is 6.04 Å². The third kappa shape index (κ3) is 2.16. The van der Waals surface area contributed by atoms with E-state index in [0.717, 1.165) is 17.5 Å². The van der Waals surface area contributed by atoms with Crippen LogP contribution in [0.4, 0.5) is 4.79 Å². The number of nitrogens with zero attached hydrogens (tertiary/aromatic N) is 3. The van der Waals surface area contributed by atoms with Gasteiger partial charge in [0, 0.05) is 6.04 Å². The lowest BCUT2D eigenvalue weighted by Crippen LogP contribution is -2.32. The molecule has 0 spiro atoms. The first kappa shape index (κ1) is 11.7. The molecule has 98 valence electrons. The number of benzene rings is 1. The second-order valence-electron chi connectivity index (χ2n) is 4.52. The summed E-state index contributed by atoms with van der Waals surface area (Å²) in [6.45, 7) is 1.71. The summed E-state index contributed by atoms with van der Waals surface area (Å²) in [5.41, 5.74) is -0.430. The highest BCUT2D eigenvalue weighted by Gasteiger charge is 2.30. The van der Waals surface area contributed by atoms with E-state index in [0.29, 0.717) is 11.6 Å². The van der Waals surface area contributed by atoms with Crippen LogP contribution in [0.2, 0.25) is 0 Å². The number of aromatic nitrogens is 3. The van der Waals surface area contributed by atoms with Gasteiger partial charge < -0.3 is 4.74 Å². The van der Waals surface area contributed by atoms with Crippen LogP contribution >= 0.6 is 0 Å². The average molecular weight is 259 g/mol. The zero-order valence-electron chi connectivity index (χ0n) is 10.4. The lowest BCUT2D eigenvalue weighted by atomic mass is 10.3. The minimum Gasteiger partial charge on any atom is -0.409 e. The van der Waals surface area contributed by atoms with Gasteiger partial charge in [-0.2, -0.15) is 0 Å². The Hall–Kier alpha value is -2.37. The average Bonchev–Trinajstić information content (AvgIpc) is 3.17. The van der Waals surface area contributed by atoms with E-state index in [1.165, 1.54) is 0 Å². The van der Waals surface area contributed by atoms with Crippen molar-refractivity contribution in [3.05, 3.63) is 46.6 Å². The van der Waals surface area contributed by atoms with Gasteiger partial charge in [-0.25, -0.2) is 9.59 Å². The molecule has 1 fully saturated rings. The van der Waals surface area contributed by atoms with E-state index in [1.807, 2.05) is 6.07 Å². The molecule has 1 aliphatic carbocycles. The van der Waals surface area contributed by atoms with Gasteiger partial charge in [0.2, 0.25) is 0 Å². The fourth-order valence-electron chi connectivity index (χ4n) is 1.98. The van der Waals surface area contributed by atoms with Crippen LogP contribution in [0.3, 0.4) is 0 Å². The molecule has 0 saturated heterocycles. The molecule has 1 aromatic heterocycles. The molecule has 3 rings (SSSR count). The molecular formula is C13H13N3O3. The van der Waals surface area contributed by atoms with Crippen LogP contribution < -0.4 is 10.4 Å². The molecule has 6 heteroatoms. The molecule has 1 heterocycles. The Balaban J connectivity index is 1.88. The minimum atomic E-state index is -0.779. The summed E-state index contributed by atoms with van der Waals surface area (Å²) in [6.07, 6.45) is 1.14. The fraction of sp³-hybridized carbons (Fsp3) is 0.308. The van der Waals surface area contributed by atoms with Gasteiger partial charge in [0.25, 0.3) is 0 Å². The van der Waals surface area contributed by atoms with Crippen molar-refractivity contribution < 1.29 is 9.53 Å². The van der Waals surface area contributed by atoms with E-state index in [2.05, 4.69) is 5.10 Å². The molecule has 0 bridgehead atoms.